The maximum Gasteiger partial charge on any atom is 0.123 e. The average molecular weight is 223 g/mol. The molecule has 0 aliphatic heterocycles. The first-order valence-corrected chi connectivity index (χ1v) is 6.12. The van der Waals surface area contributed by atoms with Crippen molar-refractivity contribution in [2.75, 3.05) is 6.54 Å². The second-order valence-electron chi connectivity index (χ2n) is 4.61. The van der Waals surface area contributed by atoms with Gasteiger partial charge in [-0.3, -0.25) is 0 Å². The molecule has 0 spiro atoms. The van der Waals surface area contributed by atoms with Gasteiger partial charge in [0.2, 0.25) is 0 Å². The summed E-state index contributed by atoms with van der Waals surface area (Å²) >= 11 is 0. The number of benzene rings is 1. The van der Waals surface area contributed by atoms with Gasteiger partial charge in [0, 0.05) is 0 Å². The zero-order valence-electron chi connectivity index (χ0n) is 10.2. The highest BCUT2D eigenvalue weighted by molar-refractivity contribution is 5.20. The maximum absolute atomic E-state index is 12.8. The van der Waals surface area contributed by atoms with Crippen LogP contribution in [0.5, 0.6) is 0 Å². The quantitative estimate of drug-likeness (QED) is 0.782. The summed E-state index contributed by atoms with van der Waals surface area (Å²) in [4.78, 5) is 0. The summed E-state index contributed by atoms with van der Waals surface area (Å²) in [6.07, 6.45) is 3.54. The van der Waals surface area contributed by atoms with Gasteiger partial charge in [-0.25, -0.2) is 4.39 Å². The molecule has 16 heavy (non-hydrogen) atoms. The standard InChI is InChI=1S/C14H22FN/c1-3-4-11(2)9-13(10-16)12-5-7-14(15)8-6-12/h5-8,11,13H,3-4,9-10,16H2,1-2H3. The van der Waals surface area contributed by atoms with Crippen LogP contribution in [0.4, 0.5) is 4.39 Å². The van der Waals surface area contributed by atoms with Gasteiger partial charge >= 0.3 is 0 Å². The van der Waals surface area contributed by atoms with Crippen molar-refractivity contribution in [3.8, 4) is 0 Å². The second-order valence-corrected chi connectivity index (χ2v) is 4.61. The highest BCUT2D eigenvalue weighted by atomic mass is 19.1. The Morgan fingerprint density at radius 1 is 1.25 bits per heavy atom. The van der Waals surface area contributed by atoms with Crippen molar-refractivity contribution < 1.29 is 4.39 Å². The van der Waals surface area contributed by atoms with Crippen LogP contribution in [0.3, 0.4) is 0 Å². The van der Waals surface area contributed by atoms with Crippen LogP contribution in [0.25, 0.3) is 0 Å². The Morgan fingerprint density at radius 3 is 2.38 bits per heavy atom. The lowest BCUT2D eigenvalue weighted by molar-refractivity contribution is 0.437. The molecule has 0 bridgehead atoms. The molecule has 2 unspecified atom stereocenters. The molecular formula is C14H22FN. The Balaban J connectivity index is 2.63. The fourth-order valence-electron chi connectivity index (χ4n) is 2.20. The van der Waals surface area contributed by atoms with Crippen LogP contribution in [0.2, 0.25) is 0 Å². The molecule has 0 radical (unpaired) electrons. The van der Waals surface area contributed by atoms with Crippen LogP contribution in [-0.2, 0) is 0 Å². The molecular weight excluding hydrogens is 201 g/mol. The van der Waals surface area contributed by atoms with E-state index in [9.17, 15) is 4.39 Å². The van der Waals surface area contributed by atoms with Gasteiger partial charge in [0.05, 0.1) is 0 Å². The fourth-order valence-corrected chi connectivity index (χ4v) is 2.20. The smallest absolute Gasteiger partial charge is 0.123 e. The largest absolute Gasteiger partial charge is 0.330 e. The summed E-state index contributed by atoms with van der Waals surface area (Å²) in [6.45, 7) is 5.10. The molecule has 2 N–H and O–H groups in total. The van der Waals surface area contributed by atoms with E-state index >= 15 is 0 Å². The Kier molecular flexibility index (Phi) is 5.47. The molecule has 1 rings (SSSR count). The van der Waals surface area contributed by atoms with Gasteiger partial charge < -0.3 is 5.73 Å². The molecule has 0 aliphatic rings. The predicted octanol–water partition coefficient (Wildman–Crippen LogP) is 3.69. The van der Waals surface area contributed by atoms with Crippen LogP contribution < -0.4 is 5.73 Å². The molecule has 0 saturated heterocycles. The molecule has 1 aromatic rings. The van der Waals surface area contributed by atoms with Crippen molar-refractivity contribution in [2.24, 2.45) is 11.7 Å². The van der Waals surface area contributed by atoms with Crippen molar-refractivity contribution in [3.05, 3.63) is 35.6 Å². The lowest BCUT2D eigenvalue weighted by Crippen LogP contribution is -2.15. The Bertz CT molecular complexity index is 294. The fraction of sp³-hybridized carbons (Fsp3) is 0.571. The summed E-state index contributed by atoms with van der Waals surface area (Å²) in [6, 6.07) is 6.74. The van der Waals surface area contributed by atoms with Crippen molar-refractivity contribution in [3.63, 3.8) is 0 Å². The van der Waals surface area contributed by atoms with Crippen LogP contribution in [0.15, 0.2) is 24.3 Å². The van der Waals surface area contributed by atoms with Crippen molar-refractivity contribution in [1.82, 2.24) is 0 Å². The van der Waals surface area contributed by atoms with Crippen LogP contribution in [-0.4, -0.2) is 6.54 Å². The number of rotatable bonds is 6. The van der Waals surface area contributed by atoms with Crippen LogP contribution in [0.1, 0.15) is 44.6 Å². The zero-order chi connectivity index (χ0) is 12.0. The van der Waals surface area contributed by atoms with Crippen molar-refractivity contribution in [1.29, 1.82) is 0 Å². The lowest BCUT2D eigenvalue weighted by Gasteiger charge is -2.19. The summed E-state index contributed by atoms with van der Waals surface area (Å²) < 4.78 is 12.8. The van der Waals surface area contributed by atoms with E-state index in [1.54, 1.807) is 0 Å². The Labute approximate surface area is 97.9 Å². The van der Waals surface area contributed by atoms with E-state index < -0.39 is 0 Å². The summed E-state index contributed by atoms with van der Waals surface area (Å²) in [7, 11) is 0. The molecule has 2 atom stereocenters. The molecule has 0 heterocycles. The number of hydrogen-bond acceptors (Lipinski definition) is 1. The Morgan fingerprint density at radius 2 is 1.88 bits per heavy atom. The summed E-state index contributed by atoms with van der Waals surface area (Å²) in [5.41, 5.74) is 6.95. The normalized spacial score (nSPS) is 14.8. The third kappa shape index (κ3) is 3.93. The second kappa shape index (κ2) is 6.64. The van der Waals surface area contributed by atoms with Crippen LogP contribution >= 0.6 is 0 Å². The highest BCUT2D eigenvalue weighted by Gasteiger charge is 2.13. The minimum absolute atomic E-state index is 0.180. The molecule has 0 amide bonds. The average Bonchev–Trinajstić information content (AvgIpc) is 2.27. The van der Waals surface area contributed by atoms with E-state index in [-0.39, 0.29) is 5.82 Å². The SMILES string of the molecule is CCCC(C)CC(CN)c1ccc(F)cc1. The number of hydrogen-bond donors (Lipinski definition) is 1. The summed E-state index contributed by atoms with van der Waals surface area (Å²) in [5.74, 6) is 0.867. The molecule has 1 aromatic carbocycles. The van der Waals surface area contributed by atoms with E-state index in [0.717, 1.165) is 12.0 Å². The monoisotopic (exact) mass is 223 g/mol. The minimum atomic E-state index is -0.180. The molecule has 0 aromatic heterocycles. The number of nitrogens with two attached hydrogens (primary N) is 1. The minimum Gasteiger partial charge on any atom is -0.330 e. The first-order valence-electron chi connectivity index (χ1n) is 6.12. The predicted molar refractivity (Wildman–Crippen MR) is 66.9 cm³/mol. The van der Waals surface area contributed by atoms with Crippen molar-refractivity contribution >= 4 is 0 Å². The van der Waals surface area contributed by atoms with E-state index in [1.807, 2.05) is 12.1 Å². The van der Waals surface area contributed by atoms with E-state index in [4.69, 9.17) is 5.73 Å². The molecule has 0 aliphatic carbocycles. The topological polar surface area (TPSA) is 26.0 Å². The van der Waals surface area contributed by atoms with Gasteiger partial charge in [-0.05, 0) is 42.5 Å². The van der Waals surface area contributed by atoms with E-state index in [1.165, 1.54) is 25.0 Å². The molecule has 1 nitrogen and oxygen atoms in total. The first-order chi connectivity index (χ1) is 7.67. The van der Waals surface area contributed by atoms with Crippen LogP contribution in [0, 0.1) is 11.7 Å². The van der Waals surface area contributed by atoms with Gasteiger partial charge in [-0.1, -0.05) is 38.8 Å². The van der Waals surface area contributed by atoms with Gasteiger partial charge in [-0.2, -0.15) is 0 Å². The van der Waals surface area contributed by atoms with E-state index in [0.29, 0.717) is 18.4 Å². The van der Waals surface area contributed by atoms with Gasteiger partial charge in [-0.15, -0.1) is 0 Å². The highest BCUT2D eigenvalue weighted by Crippen LogP contribution is 2.25. The zero-order valence-corrected chi connectivity index (χ0v) is 10.2. The van der Waals surface area contributed by atoms with Gasteiger partial charge in [0.1, 0.15) is 5.82 Å². The van der Waals surface area contributed by atoms with Crippen molar-refractivity contribution in [2.45, 2.75) is 39.0 Å². The molecule has 90 valence electrons. The first kappa shape index (κ1) is 13.2. The maximum atomic E-state index is 12.8. The molecule has 0 saturated carbocycles. The molecule has 2 heteroatoms. The third-order valence-corrected chi connectivity index (χ3v) is 3.09. The van der Waals surface area contributed by atoms with Gasteiger partial charge in [0.15, 0.2) is 0 Å². The van der Waals surface area contributed by atoms with E-state index in [2.05, 4.69) is 13.8 Å². The summed E-state index contributed by atoms with van der Waals surface area (Å²) in [5, 5.41) is 0. The Hall–Kier alpha value is -0.890. The van der Waals surface area contributed by atoms with Gasteiger partial charge in [0.25, 0.3) is 0 Å². The number of halogens is 1. The molecule has 0 fully saturated rings. The third-order valence-electron chi connectivity index (χ3n) is 3.09. The lowest BCUT2D eigenvalue weighted by atomic mass is 9.88.